The number of carbonyl (C=O) groups is 1. The number of halogens is 2. The van der Waals surface area contributed by atoms with E-state index in [0.29, 0.717) is 0 Å². The van der Waals surface area contributed by atoms with Gasteiger partial charge in [0.15, 0.2) is 0 Å². The normalized spacial score (nSPS) is 12.7. The van der Waals surface area contributed by atoms with Gasteiger partial charge in [-0.25, -0.2) is 13.6 Å². The summed E-state index contributed by atoms with van der Waals surface area (Å²) >= 11 is 0. The lowest BCUT2D eigenvalue weighted by Crippen LogP contribution is -2.41. The van der Waals surface area contributed by atoms with Crippen LogP contribution in [0.4, 0.5) is 13.6 Å². The van der Waals surface area contributed by atoms with Crippen LogP contribution in [0.3, 0.4) is 0 Å². The number of amides is 1. The molecule has 0 aliphatic rings. The molecular weight excluding hydrogens is 268 g/mol. The molecule has 0 heterocycles. The molecule has 0 aliphatic carbocycles. The SMILES string of the molecule is CC(C)(C)OC(=O)N[C@H]([C]=O)Cc1cc(F)cc(F)c1. The molecule has 4 nitrogen and oxygen atoms in total. The van der Waals surface area contributed by atoms with Crippen LogP contribution in [0.25, 0.3) is 0 Å². The zero-order valence-corrected chi connectivity index (χ0v) is 11.5. The van der Waals surface area contributed by atoms with Crippen molar-refractivity contribution >= 4 is 12.4 Å². The van der Waals surface area contributed by atoms with Gasteiger partial charge in [0.1, 0.15) is 23.3 Å². The van der Waals surface area contributed by atoms with Crippen molar-refractivity contribution in [1.82, 2.24) is 5.32 Å². The maximum atomic E-state index is 13.0. The first-order chi connectivity index (χ1) is 9.19. The summed E-state index contributed by atoms with van der Waals surface area (Å²) in [4.78, 5) is 22.3. The molecule has 0 spiro atoms. The monoisotopic (exact) mass is 284 g/mol. The molecule has 1 radical (unpaired) electrons. The van der Waals surface area contributed by atoms with Crippen LogP contribution in [0.5, 0.6) is 0 Å². The molecule has 0 saturated carbocycles. The second-order valence-electron chi connectivity index (χ2n) is 5.30. The van der Waals surface area contributed by atoms with Crippen molar-refractivity contribution in [3.63, 3.8) is 0 Å². The minimum atomic E-state index is -1.04. The van der Waals surface area contributed by atoms with Crippen molar-refractivity contribution in [2.45, 2.75) is 38.8 Å². The van der Waals surface area contributed by atoms with Gasteiger partial charge >= 0.3 is 6.09 Å². The molecule has 109 valence electrons. The summed E-state index contributed by atoms with van der Waals surface area (Å²) in [5, 5.41) is 2.28. The summed E-state index contributed by atoms with van der Waals surface area (Å²) in [7, 11) is 0. The highest BCUT2D eigenvalue weighted by Gasteiger charge is 2.20. The van der Waals surface area contributed by atoms with Gasteiger partial charge in [0.25, 0.3) is 0 Å². The highest BCUT2D eigenvalue weighted by atomic mass is 19.1. The Morgan fingerprint density at radius 2 is 1.85 bits per heavy atom. The molecule has 0 unspecified atom stereocenters. The Hall–Kier alpha value is -1.98. The van der Waals surface area contributed by atoms with Crippen LogP contribution in [0.2, 0.25) is 0 Å². The number of rotatable bonds is 4. The molecule has 1 aromatic carbocycles. The van der Waals surface area contributed by atoms with Gasteiger partial charge in [0.2, 0.25) is 6.29 Å². The van der Waals surface area contributed by atoms with Gasteiger partial charge in [-0.3, -0.25) is 4.79 Å². The molecule has 6 heteroatoms. The largest absolute Gasteiger partial charge is 0.444 e. The Bertz CT molecular complexity index is 477. The van der Waals surface area contributed by atoms with E-state index in [1.807, 2.05) is 0 Å². The molecule has 1 rings (SSSR count). The summed E-state index contributed by atoms with van der Waals surface area (Å²) < 4.78 is 31.0. The topological polar surface area (TPSA) is 55.4 Å². The van der Waals surface area contributed by atoms with E-state index in [4.69, 9.17) is 4.74 Å². The lowest BCUT2D eigenvalue weighted by atomic mass is 10.1. The average molecular weight is 284 g/mol. The maximum absolute atomic E-state index is 13.0. The lowest BCUT2D eigenvalue weighted by Gasteiger charge is -2.21. The number of hydrogen-bond acceptors (Lipinski definition) is 3. The standard InChI is InChI=1S/C14H16F2NO3/c1-14(2,3)20-13(19)17-12(8-18)6-9-4-10(15)7-11(16)5-9/h4-5,7,12H,6H2,1-3H3,(H,17,19)/t12-/m0/s1. The fourth-order valence-corrected chi connectivity index (χ4v) is 1.54. The Kier molecular flexibility index (Phi) is 5.19. The average Bonchev–Trinajstić information content (AvgIpc) is 2.23. The Balaban J connectivity index is 2.68. The fourth-order valence-electron chi connectivity index (χ4n) is 1.54. The van der Waals surface area contributed by atoms with Crippen LogP contribution in [0.1, 0.15) is 26.3 Å². The molecule has 0 aromatic heterocycles. The van der Waals surface area contributed by atoms with E-state index in [1.54, 1.807) is 27.1 Å². The number of hydrogen-bond donors (Lipinski definition) is 1. The molecule has 1 atom stereocenters. The van der Waals surface area contributed by atoms with Crippen LogP contribution in [0, 0.1) is 11.6 Å². The van der Waals surface area contributed by atoms with Crippen LogP contribution >= 0.6 is 0 Å². The number of nitrogens with one attached hydrogen (secondary N) is 1. The van der Waals surface area contributed by atoms with E-state index < -0.39 is 29.4 Å². The van der Waals surface area contributed by atoms with E-state index in [-0.39, 0.29) is 12.0 Å². The van der Waals surface area contributed by atoms with E-state index in [1.165, 1.54) is 0 Å². The zero-order chi connectivity index (χ0) is 15.3. The third-order valence-corrected chi connectivity index (χ3v) is 2.20. The first-order valence-electron chi connectivity index (χ1n) is 6.02. The van der Waals surface area contributed by atoms with Crippen LogP contribution < -0.4 is 5.32 Å². The number of benzene rings is 1. The first kappa shape index (κ1) is 16.1. The summed E-state index contributed by atoms with van der Waals surface area (Å²) in [5.41, 5.74) is -0.463. The van der Waals surface area contributed by atoms with Crippen molar-refractivity contribution in [3.05, 3.63) is 35.4 Å². The Labute approximate surface area is 116 Å². The van der Waals surface area contributed by atoms with Crippen LogP contribution in [0.15, 0.2) is 18.2 Å². The quantitative estimate of drug-likeness (QED) is 0.924. The van der Waals surface area contributed by atoms with Gasteiger partial charge in [-0.2, -0.15) is 0 Å². The number of carbonyl (C=O) groups excluding carboxylic acids is 2. The highest BCUT2D eigenvalue weighted by molar-refractivity contribution is 5.73. The van der Waals surface area contributed by atoms with Crippen LogP contribution in [-0.2, 0) is 16.0 Å². The molecule has 0 aliphatic heterocycles. The predicted molar refractivity (Wildman–Crippen MR) is 68.9 cm³/mol. The van der Waals surface area contributed by atoms with E-state index >= 15 is 0 Å². The number of ether oxygens (including phenoxy) is 1. The van der Waals surface area contributed by atoms with Crippen molar-refractivity contribution in [2.24, 2.45) is 0 Å². The summed E-state index contributed by atoms with van der Waals surface area (Å²) in [6.07, 6.45) is 0.738. The first-order valence-corrected chi connectivity index (χ1v) is 6.02. The van der Waals surface area contributed by atoms with Gasteiger partial charge in [0.05, 0.1) is 0 Å². The van der Waals surface area contributed by atoms with Gasteiger partial charge in [0, 0.05) is 12.5 Å². The van der Waals surface area contributed by atoms with Crippen LogP contribution in [-0.4, -0.2) is 24.0 Å². The predicted octanol–water partition coefficient (Wildman–Crippen LogP) is 2.51. The second kappa shape index (κ2) is 6.45. The van der Waals surface area contributed by atoms with E-state index in [2.05, 4.69) is 5.32 Å². The second-order valence-corrected chi connectivity index (χ2v) is 5.30. The Morgan fingerprint density at radius 1 is 1.30 bits per heavy atom. The molecule has 0 fully saturated rings. The lowest BCUT2D eigenvalue weighted by molar-refractivity contribution is 0.0517. The third-order valence-electron chi connectivity index (χ3n) is 2.20. The molecule has 1 N–H and O–H groups in total. The van der Waals surface area contributed by atoms with E-state index in [0.717, 1.165) is 18.2 Å². The molecule has 0 saturated heterocycles. The van der Waals surface area contributed by atoms with Gasteiger partial charge in [-0.15, -0.1) is 0 Å². The summed E-state index contributed by atoms with van der Waals surface area (Å²) in [6.45, 7) is 5.02. The number of alkyl carbamates (subject to hydrolysis) is 1. The van der Waals surface area contributed by atoms with Crippen molar-refractivity contribution in [2.75, 3.05) is 0 Å². The minimum absolute atomic E-state index is 0.0720. The van der Waals surface area contributed by atoms with Crippen molar-refractivity contribution < 1.29 is 23.1 Å². The summed E-state index contributed by atoms with van der Waals surface area (Å²) in [6, 6.07) is 1.87. The molecule has 0 bridgehead atoms. The van der Waals surface area contributed by atoms with Crippen molar-refractivity contribution in [1.29, 1.82) is 0 Å². The molecule has 20 heavy (non-hydrogen) atoms. The molecule has 1 amide bonds. The fraction of sp³-hybridized carbons (Fsp3) is 0.429. The van der Waals surface area contributed by atoms with Gasteiger partial charge < -0.3 is 10.1 Å². The third kappa shape index (κ3) is 5.77. The van der Waals surface area contributed by atoms with E-state index in [9.17, 15) is 18.4 Å². The van der Waals surface area contributed by atoms with Gasteiger partial charge in [-0.1, -0.05) is 0 Å². The highest BCUT2D eigenvalue weighted by Crippen LogP contribution is 2.11. The maximum Gasteiger partial charge on any atom is 0.408 e. The minimum Gasteiger partial charge on any atom is -0.444 e. The Morgan fingerprint density at radius 3 is 2.30 bits per heavy atom. The van der Waals surface area contributed by atoms with Crippen molar-refractivity contribution in [3.8, 4) is 0 Å². The zero-order valence-electron chi connectivity index (χ0n) is 11.5. The molecular formula is C14H16F2NO3. The molecule has 1 aromatic rings. The smallest absolute Gasteiger partial charge is 0.408 e. The van der Waals surface area contributed by atoms with Gasteiger partial charge in [-0.05, 0) is 38.5 Å². The summed E-state index contributed by atoms with van der Waals surface area (Å²) in [5.74, 6) is -1.50.